The number of urea groups is 1. The molecule has 0 radical (unpaired) electrons. The molecule has 2 heterocycles. The third kappa shape index (κ3) is 2.89. The summed E-state index contributed by atoms with van der Waals surface area (Å²) in [5.41, 5.74) is 4.02. The highest BCUT2D eigenvalue weighted by atomic mass is 35.5. The number of fused-ring (bicyclic) bond motifs is 3. The molecule has 0 fully saturated rings. The molecule has 1 unspecified atom stereocenters. The first kappa shape index (κ1) is 15.8. The number of anilines is 1. The van der Waals surface area contributed by atoms with Crippen molar-refractivity contribution in [1.82, 2.24) is 9.47 Å². The molecule has 1 aromatic heterocycles. The van der Waals surface area contributed by atoms with Crippen molar-refractivity contribution >= 4 is 23.3 Å². The molecular weight excluding hydrogens is 334 g/mol. The van der Waals surface area contributed by atoms with Gasteiger partial charge < -0.3 is 14.8 Å². The number of nitrogens with zero attached hydrogens (tertiary/aromatic N) is 2. The van der Waals surface area contributed by atoms with E-state index in [9.17, 15) is 4.79 Å². The second-order valence-electron chi connectivity index (χ2n) is 6.18. The Labute approximate surface area is 151 Å². The average molecular weight is 352 g/mol. The second-order valence-corrected chi connectivity index (χ2v) is 6.61. The smallest absolute Gasteiger partial charge is 0.318 e. The molecule has 4 nitrogen and oxygen atoms in total. The Bertz CT molecular complexity index is 934. The topological polar surface area (TPSA) is 37.3 Å². The highest BCUT2D eigenvalue weighted by Gasteiger charge is 2.28. The van der Waals surface area contributed by atoms with Crippen molar-refractivity contribution < 1.29 is 4.79 Å². The van der Waals surface area contributed by atoms with E-state index in [0.29, 0.717) is 17.3 Å². The number of hydrogen-bond acceptors (Lipinski definition) is 1. The van der Waals surface area contributed by atoms with Gasteiger partial charge in [0, 0.05) is 22.6 Å². The van der Waals surface area contributed by atoms with Crippen LogP contribution in [0.25, 0.3) is 5.69 Å². The molecule has 5 heteroatoms. The monoisotopic (exact) mass is 351 g/mol. The van der Waals surface area contributed by atoms with Crippen LogP contribution in [0.5, 0.6) is 0 Å². The van der Waals surface area contributed by atoms with Crippen LogP contribution in [-0.2, 0) is 6.54 Å². The summed E-state index contributed by atoms with van der Waals surface area (Å²) >= 11 is 6.02. The van der Waals surface area contributed by atoms with Gasteiger partial charge in [-0.15, -0.1) is 0 Å². The molecule has 1 N–H and O–H groups in total. The van der Waals surface area contributed by atoms with Crippen molar-refractivity contribution in [2.75, 3.05) is 5.32 Å². The Morgan fingerprint density at radius 2 is 1.96 bits per heavy atom. The van der Waals surface area contributed by atoms with Crippen LogP contribution in [0.1, 0.15) is 24.2 Å². The maximum absolute atomic E-state index is 12.9. The zero-order valence-electron chi connectivity index (χ0n) is 13.8. The predicted molar refractivity (Wildman–Crippen MR) is 100 cm³/mol. The lowest BCUT2D eigenvalue weighted by Gasteiger charge is -2.27. The Hall–Kier alpha value is -2.72. The van der Waals surface area contributed by atoms with Crippen LogP contribution < -0.4 is 5.32 Å². The highest BCUT2D eigenvalue weighted by molar-refractivity contribution is 6.30. The van der Waals surface area contributed by atoms with Gasteiger partial charge >= 0.3 is 6.03 Å². The van der Waals surface area contributed by atoms with Gasteiger partial charge in [0.2, 0.25) is 0 Å². The van der Waals surface area contributed by atoms with Crippen molar-refractivity contribution in [3.63, 3.8) is 0 Å². The van der Waals surface area contributed by atoms with Crippen LogP contribution in [0.3, 0.4) is 0 Å². The molecule has 0 saturated carbocycles. The van der Waals surface area contributed by atoms with Crippen LogP contribution in [-0.4, -0.2) is 15.5 Å². The molecule has 1 aliphatic rings. The molecule has 2 amide bonds. The minimum atomic E-state index is -0.140. The van der Waals surface area contributed by atoms with Gasteiger partial charge in [-0.25, -0.2) is 4.79 Å². The van der Waals surface area contributed by atoms with E-state index < -0.39 is 0 Å². The lowest BCUT2D eigenvalue weighted by Crippen LogP contribution is -2.36. The maximum Gasteiger partial charge on any atom is 0.322 e. The molecule has 2 aromatic carbocycles. The number of aromatic nitrogens is 1. The number of para-hydroxylation sites is 1. The van der Waals surface area contributed by atoms with Gasteiger partial charge in [-0.3, -0.25) is 0 Å². The summed E-state index contributed by atoms with van der Waals surface area (Å²) in [7, 11) is 0. The predicted octanol–water partition coefficient (Wildman–Crippen LogP) is 5.24. The third-order valence-electron chi connectivity index (χ3n) is 4.60. The van der Waals surface area contributed by atoms with Gasteiger partial charge in [0.05, 0.1) is 18.3 Å². The number of rotatable bonds is 1. The van der Waals surface area contributed by atoms with Crippen molar-refractivity contribution in [3.05, 3.63) is 83.1 Å². The number of carbonyl (C=O) groups is 1. The normalized spacial score (nSPS) is 15.9. The molecular formula is C20H18ClN3O. The van der Waals surface area contributed by atoms with E-state index in [1.165, 1.54) is 0 Å². The van der Waals surface area contributed by atoms with Crippen LogP contribution in [0.15, 0.2) is 66.9 Å². The number of benzene rings is 2. The van der Waals surface area contributed by atoms with E-state index >= 15 is 0 Å². The number of carbonyl (C=O) groups excluding carboxylic acids is 1. The molecule has 25 heavy (non-hydrogen) atoms. The van der Waals surface area contributed by atoms with E-state index in [1.54, 1.807) is 12.1 Å². The fraction of sp³-hybridized carbons (Fsp3) is 0.150. The van der Waals surface area contributed by atoms with Crippen LogP contribution in [0, 0.1) is 0 Å². The summed E-state index contributed by atoms with van der Waals surface area (Å²) in [6, 6.07) is 19.3. The van der Waals surface area contributed by atoms with E-state index in [4.69, 9.17) is 11.6 Å². The minimum absolute atomic E-state index is 0.0541. The summed E-state index contributed by atoms with van der Waals surface area (Å²) < 4.78 is 2.16. The molecule has 0 bridgehead atoms. The molecule has 1 atom stereocenters. The van der Waals surface area contributed by atoms with Crippen LogP contribution >= 0.6 is 11.6 Å². The standard InChI is InChI=1S/C20H18ClN3O/c1-14-18-10-5-11-23(18)19-9-3-2-6-15(19)13-24(14)20(25)22-17-8-4-7-16(21)12-17/h2-12,14H,13H2,1H3,(H,22,25). The zero-order chi connectivity index (χ0) is 17.4. The molecule has 0 saturated heterocycles. The number of halogens is 1. The second kappa shape index (κ2) is 6.30. The summed E-state index contributed by atoms with van der Waals surface area (Å²) in [5, 5.41) is 3.56. The number of hydrogen-bond donors (Lipinski definition) is 1. The van der Waals surface area contributed by atoms with Crippen molar-refractivity contribution in [1.29, 1.82) is 0 Å². The molecule has 4 rings (SSSR count). The Kier molecular flexibility index (Phi) is 3.98. The van der Waals surface area contributed by atoms with Crippen molar-refractivity contribution in [2.45, 2.75) is 19.5 Å². The molecule has 0 aliphatic carbocycles. The maximum atomic E-state index is 12.9. The largest absolute Gasteiger partial charge is 0.322 e. The van der Waals surface area contributed by atoms with Crippen molar-refractivity contribution in [3.8, 4) is 5.69 Å². The van der Waals surface area contributed by atoms with E-state index in [-0.39, 0.29) is 12.1 Å². The summed E-state index contributed by atoms with van der Waals surface area (Å²) in [6.07, 6.45) is 2.04. The fourth-order valence-corrected chi connectivity index (χ4v) is 3.51. The lowest BCUT2D eigenvalue weighted by atomic mass is 10.1. The fourth-order valence-electron chi connectivity index (χ4n) is 3.32. The Morgan fingerprint density at radius 3 is 2.80 bits per heavy atom. The number of amides is 2. The van der Waals surface area contributed by atoms with Gasteiger partial charge in [0.1, 0.15) is 0 Å². The average Bonchev–Trinajstić information content (AvgIpc) is 3.05. The summed E-state index contributed by atoms with van der Waals surface area (Å²) in [6.45, 7) is 2.60. The molecule has 1 aliphatic heterocycles. The quantitative estimate of drug-likeness (QED) is 0.639. The first-order valence-corrected chi connectivity index (χ1v) is 8.60. The first-order chi connectivity index (χ1) is 12.1. The van der Waals surface area contributed by atoms with E-state index in [1.807, 2.05) is 41.4 Å². The SMILES string of the molecule is CC1c2cccn2-c2ccccc2CN1C(=O)Nc1cccc(Cl)c1. The van der Waals surface area contributed by atoms with Crippen LogP contribution in [0.2, 0.25) is 5.02 Å². The van der Waals surface area contributed by atoms with Crippen LogP contribution in [0.4, 0.5) is 10.5 Å². The summed E-state index contributed by atoms with van der Waals surface area (Å²) in [5.74, 6) is 0. The number of nitrogens with one attached hydrogen (secondary N) is 1. The Morgan fingerprint density at radius 1 is 1.12 bits per heavy atom. The molecule has 3 aromatic rings. The zero-order valence-corrected chi connectivity index (χ0v) is 14.6. The van der Waals surface area contributed by atoms with Gasteiger partial charge in [-0.05, 0) is 48.9 Å². The van der Waals surface area contributed by atoms with Gasteiger partial charge in [0.15, 0.2) is 0 Å². The van der Waals surface area contributed by atoms with Gasteiger partial charge in [-0.2, -0.15) is 0 Å². The van der Waals surface area contributed by atoms with E-state index in [0.717, 1.165) is 16.9 Å². The molecule has 0 spiro atoms. The lowest BCUT2D eigenvalue weighted by molar-refractivity contribution is 0.189. The summed E-state index contributed by atoms with van der Waals surface area (Å²) in [4.78, 5) is 14.8. The highest BCUT2D eigenvalue weighted by Crippen LogP contribution is 2.32. The molecule has 126 valence electrons. The third-order valence-corrected chi connectivity index (χ3v) is 4.84. The van der Waals surface area contributed by atoms with Crippen molar-refractivity contribution in [2.24, 2.45) is 0 Å². The van der Waals surface area contributed by atoms with Gasteiger partial charge in [0.25, 0.3) is 0 Å². The van der Waals surface area contributed by atoms with Gasteiger partial charge in [-0.1, -0.05) is 35.9 Å². The van der Waals surface area contributed by atoms with E-state index in [2.05, 4.69) is 35.0 Å². The first-order valence-electron chi connectivity index (χ1n) is 8.22. The Balaban J connectivity index is 1.70. The minimum Gasteiger partial charge on any atom is -0.318 e.